The molecule has 152 valence electrons. The van der Waals surface area contributed by atoms with Gasteiger partial charge in [0.15, 0.2) is 0 Å². The van der Waals surface area contributed by atoms with Crippen LogP contribution in [0.5, 0.6) is 0 Å². The summed E-state index contributed by atoms with van der Waals surface area (Å²) in [4.78, 5) is 10.5. The number of piperidine rings is 1. The van der Waals surface area contributed by atoms with Crippen LogP contribution in [-0.2, 0) is 6.54 Å². The lowest BCUT2D eigenvalue weighted by Gasteiger charge is -2.37. The number of nitrogens with zero attached hydrogens (tertiary/aromatic N) is 5. The van der Waals surface area contributed by atoms with E-state index in [1.165, 1.54) is 18.3 Å². The van der Waals surface area contributed by atoms with Crippen LogP contribution in [-0.4, -0.2) is 39.6 Å². The normalized spacial score (nSPS) is 18.3. The van der Waals surface area contributed by atoms with Crippen LogP contribution >= 0.6 is 12.4 Å². The first kappa shape index (κ1) is 20.9. The van der Waals surface area contributed by atoms with Crippen LogP contribution in [0.15, 0.2) is 36.5 Å². The summed E-state index contributed by atoms with van der Waals surface area (Å²) in [6.07, 6.45) is 1.08. The number of rotatable bonds is 3. The molecule has 6 nitrogen and oxygen atoms in total. The summed E-state index contributed by atoms with van der Waals surface area (Å²) in [5.41, 5.74) is 7.81. The molecule has 3 heterocycles. The highest BCUT2D eigenvalue weighted by atomic mass is 35.5. The fourth-order valence-electron chi connectivity index (χ4n) is 3.34. The Morgan fingerprint density at radius 1 is 1.28 bits per heavy atom. The van der Waals surface area contributed by atoms with Crippen LogP contribution < -0.4 is 10.6 Å². The molecule has 2 N–H and O–H groups in total. The number of benzene rings is 1. The molecule has 4 rings (SSSR count). The highest BCUT2D eigenvalue weighted by molar-refractivity contribution is 5.85. The first-order valence-electron chi connectivity index (χ1n) is 8.76. The van der Waals surface area contributed by atoms with E-state index < -0.39 is 17.8 Å². The zero-order valence-electron chi connectivity index (χ0n) is 15.2. The number of fused-ring (bicyclic) bond motifs is 1. The molecule has 3 aromatic rings. The molecule has 0 bridgehead atoms. The molecule has 1 aliphatic heterocycles. The van der Waals surface area contributed by atoms with Crippen LogP contribution in [0.2, 0.25) is 0 Å². The van der Waals surface area contributed by atoms with Gasteiger partial charge in [-0.1, -0.05) is 0 Å². The van der Waals surface area contributed by atoms with Gasteiger partial charge in [-0.15, -0.1) is 12.4 Å². The number of nitrogens with two attached hydrogens (primary N) is 1. The fraction of sp³-hybridized carbons (Fsp3) is 0.316. The second-order valence-electron chi connectivity index (χ2n) is 6.84. The van der Waals surface area contributed by atoms with E-state index in [1.807, 2.05) is 6.07 Å². The van der Waals surface area contributed by atoms with Gasteiger partial charge >= 0.3 is 0 Å². The van der Waals surface area contributed by atoms with Gasteiger partial charge < -0.3 is 15.2 Å². The average Bonchev–Trinajstić information content (AvgIpc) is 3.02. The monoisotopic (exact) mass is 422 g/mol. The van der Waals surface area contributed by atoms with E-state index in [2.05, 4.69) is 9.97 Å². The van der Waals surface area contributed by atoms with E-state index >= 15 is 0 Å². The topological polar surface area (TPSA) is 83.8 Å². The predicted octanol–water partition coefficient (Wildman–Crippen LogP) is 3.08. The summed E-state index contributed by atoms with van der Waals surface area (Å²) in [5, 5.41) is 8.91. The molecule has 1 fully saturated rings. The molecular weight excluding hydrogens is 405 g/mol. The Morgan fingerprint density at radius 2 is 2.07 bits per heavy atom. The quantitative estimate of drug-likeness (QED) is 0.701. The van der Waals surface area contributed by atoms with Crippen molar-refractivity contribution in [1.82, 2.24) is 14.5 Å². The Labute approximate surface area is 171 Å². The van der Waals surface area contributed by atoms with Crippen molar-refractivity contribution in [1.29, 1.82) is 5.26 Å². The Bertz CT molecular complexity index is 1060. The van der Waals surface area contributed by atoms with Gasteiger partial charge in [0.2, 0.25) is 5.95 Å². The maximum Gasteiger partial charge on any atom is 0.266 e. The van der Waals surface area contributed by atoms with Crippen molar-refractivity contribution in [3.05, 3.63) is 53.6 Å². The lowest BCUT2D eigenvalue weighted by molar-refractivity contribution is -0.0395. The van der Waals surface area contributed by atoms with E-state index in [1.54, 1.807) is 27.7 Å². The molecule has 0 spiro atoms. The molecule has 0 unspecified atom stereocenters. The predicted molar refractivity (Wildman–Crippen MR) is 105 cm³/mol. The van der Waals surface area contributed by atoms with Crippen molar-refractivity contribution in [2.45, 2.75) is 24.9 Å². The Hall–Kier alpha value is -2.83. The third-order valence-electron chi connectivity index (χ3n) is 4.92. The van der Waals surface area contributed by atoms with Crippen molar-refractivity contribution in [2.24, 2.45) is 5.73 Å². The minimum absolute atomic E-state index is 0. The van der Waals surface area contributed by atoms with Gasteiger partial charge in [0.05, 0.1) is 34.9 Å². The van der Waals surface area contributed by atoms with Gasteiger partial charge in [0.1, 0.15) is 11.9 Å². The lowest BCUT2D eigenvalue weighted by atomic mass is 10.0. The van der Waals surface area contributed by atoms with Gasteiger partial charge in [0.25, 0.3) is 5.92 Å². The van der Waals surface area contributed by atoms with Gasteiger partial charge in [-0.3, -0.25) is 4.98 Å². The van der Waals surface area contributed by atoms with Crippen molar-refractivity contribution in [2.75, 3.05) is 18.0 Å². The summed E-state index contributed by atoms with van der Waals surface area (Å²) >= 11 is 0. The summed E-state index contributed by atoms with van der Waals surface area (Å²) in [6, 6.07) is 8.24. The van der Waals surface area contributed by atoms with Crippen molar-refractivity contribution in [3.63, 3.8) is 0 Å². The number of imidazole rings is 1. The largest absolute Gasteiger partial charge is 0.340 e. The maximum atomic E-state index is 13.8. The second kappa shape index (κ2) is 7.89. The first-order chi connectivity index (χ1) is 13.4. The van der Waals surface area contributed by atoms with Crippen molar-refractivity contribution in [3.8, 4) is 6.07 Å². The highest BCUT2D eigenvalue weighted by Gasteiger charge is 2.42. The molecule has 1 atom stereocenters. The molecule has 0 amide bonds. The fourth-order valence-corrected chi connectivity index (χ4v) is 3.34. The number of alkyl halides is 2. The Balaban J connectivity index is 0.00000240. The van der Waals surface area contributed by atoms with E-state index in [0.717, 1.165) is 0 Å². The molecule has 1 saturated heterocycles. The smallest absolute Gasteiger partial charge is 0.266 e. The van der Waals surface area contributed by atoms with Crippen molar-refractivity contribution >= 4 is 29.4 Å². The molecular formula is C19H18ClF3N6. The summed E-state index contributed by atoms with van der Waals surface area (Å²) in [7, 11) is 0. The molecule has 0 aliphatic carbocycles. The Morgan fingerprint density at radius 3 is 2.72 bits per heavy atom. The van der Waals surface area contributed by atoms with Gasteiger partial charge in [-0.2, -0.15) is 5.26 Å². The summed E-state index contributed by atoms with van der Waals surface area (Å²) < 4.78 is 43.2. The Kier molecular flexibility index (Phi) is 5.68. The number of pyridine rings is 1. The van der Waals surface area contributed by atoms with Crippen molar-refractivity contribution < 1.29 is 13.2 Å². The number of nitriles is 1. The van der Waals surface area contributed by atoms with Gasteiger partial charge in [0, 0.05) is 25.7 Å². The van der Waals surface area contributed by atoms with Crippen LogP contribution in [0.3, 0.4) is 0 Å². The first-order valence-corrected chi connectivity index (χ1v) is 8.76. The molecule has 0 radical (unpaired) electrons. The standard InChI is InChI=1S/C19H17F3N6.ClH/c20-13-2-4-15-16(7-13)28(10-14-3-1-12(8-23)9-25-14)18(26-15)27-6-5-19(21,22)17(24)11-27;/h1-4,7,9,17H,5-6,10-11,24H2;1H/t17-;/m1./s1. The number of aromatic nitrogens is 3. The highest BCUT2D eigenvalue weighted by Crippen LogP contribution is 2.32. The molecule has 29 heavy (non-hydrogen) atoms. The minimum atomic E-state index is -2.92. The molecule has 0 saturated carbocycles. The van der Waals surface area contributed by atoms with Crippen LogP contribution in [0, 0.1) is 17.1 Å². The molecule has 1 aliphatic rings. The number of anilines is 1. The number of hydrogen-bond acceptors (Lipinski definition) is 5. The average molecular weight is 423 g/mol. The number of halogens is 4. The number of hydrogen-bond donors (Lipinski definition) is 1. The van der Waals surface area contributed by atoms with Gasteiger partial charge in [-0.05, 0) is 30.3 Å². The summed E-state index contributed by atoms with van der Waals surface area (Å²) in [5.74, 6) is -2.90. The van der Waals surface area contributed by atoms with Crippen LogP contribution in [0.25, 0.3) is 11.0 Å². The minimum Gasteiger partial charge on any atom is -0.340 e. The lowest BCUT2D eigenvalue weighted by Crippen LogP contribution is -2.55. The SMILES string of the molecule is Cl.N#Cc1ccc(Cn2c(N3CCC(F)(F)[C@H](N)C3)nc3ccc(F)cc32)nc1. The van der Waals surface area contributed by atoms with E-state index in [4.69, 9.17) is 11.0 Å². The zero-order chi connectivity index (χ0) is 19.9. The molecule has 1 aromatic carbocycles. The van der Waals surface area contributed by atoms with Crippen LogP contribution in [0.1, 0.15) is 17.7 Å². The van der Waals surface area contributed by atoms with Gasteiger partial charge in [-0.25, -0.2) is 18.2 Å². The third kappa shape index (κ3) is 3.99. The molecule has 10 heteroatoms. The van der Waals surface area contributed by atoms with E-state index in [-0.39, 0.29) is 38.5 Å². The van der Waals surface area contributed by atoms with E-state index in [9.17, 15) is 13.2 Å². The second-order valence-corrected chi connectivity index (χ2v) is 6.84. The van der Waals surface area contributed by atoms with E-state index in [0.29, 0.717) is 28.2 Å². The summed E-state index contributed by atoms with van der Waals surface area (Å²) in [6.45, 7) is 0.288. The zero-order valence-corrected chi connectivity index (χ0v) is 16.0. The molecule has 2 aromatic heterocycles. The van der Waals surface area contributed by atoms with Crippen LogP contribution in [0.4, 0.5) is 19.1 Å². The third-order valence-corrected chi connectivity index (χ3v) is 4.92. The maximum absolute atomic E-state index is 13.8.